The molecule has 0 unspecified atom stereocenters. The zero-order valence-electron chi connectivity index (χ0n) is 15.6. The van der Waals surface area contributed by atoms with Crippen LogP contribution in [0.3, 0.4) is 0 Å². The van der Waals surface area contributed by atoms with Gasteiger partial charge in [-0.2, -0.15) is 0 Å². The summed E-state index contributed by atoms with van der Waals surface area (Å²) in [5.41, 5.74) is 3.28. The average molecular weight is 353 g/mol. The monoisotopic (exact) mass is 353 g/mol. The summed E-state index contributed by atoms with van der Waals surface area (Å²) in [5.74, 6) is 1.66. The molecule has 0 aliphatic carbocycles. The van der Waals surface area contributed by atoms with Gasteiger partial charge in [-0.3, -0.25) is 0 Å². The first-order valence-corrected chi connectivity index (χ1v) is 9.51. The smallest absolute Gasteiger partial charge is 0.137 e. The van der Waals surface area contributed by atoms with Gasteiger partial charge in [0.15, 0.2) is 0 Å². The third-order valence-electron chi connectivity index (χ3n) is 5.26. The first-order chi connectivity index (χ1) is 12.7. The Hall–Kier alpha value is -2.18. The van der Waals surface area contributed by atoms with Crippen LogP contribution >= 0.6 is 0 Å². The molecule has 0 aromatic carbocycles. The molecule has 4 heterocycles. The Morgan fingerprint density at radius 3 is 2.92 bits per heavy atom. The molecule has 0 bridgehead atoms. The Kier molecular flexibility index (Phi) is 5.04. The molecule has 6 nitrogen and oxygen atoms in total. The van der Waals surface area contributed by atoms with E-state index in [-0.39, 0.29) is 6.04 Å². The minimum Gasteiger partial charge on any atom is -0.381 e. The second kappa shape index (κ2) is 7.60. The van der Waals surface area contributed by atoms with Crippen LogP contribution in [0.5, 0.6) is 0 Å². The maximum Gasteiger partial charge on any atom is 0.137 e. The zero-order chi connectivity index (χ0) is 17.9. The Balaban J connectivity index is 1.55. The molecule has 0 saturated carbocycles. The van der Waals surface area contributed by atoms with E-state index in [1.165, 1.54) is 5.56 Å². The van der Waals surface area contributed by atoms with Crippen LogP contribution in [0.25, 0.3) is 5.65 Å². The molecule has 0 spiro atoms. The van der Waals surface area contributed by atoms with Gasteiger partial charge in [-0.05, 0) is 44.2 Å². The highest BCUT2D eigenvalue weighted by molar-refractivity contribution is 5.41. The van der Waals surface area contributed by atoms with Gasteiger partial charge in [0.25, 0.3) is 0 Å². The molecule has 138 valence electrons. The SMILES string of the molecule is CCn1ccnc1[C@@H](NCc1cn2cc(C)ccc2n1)C1CCOCC1. The summed E-state index contributed by atoms with van der Waals surface area (Å²) in [6, 6.07) is 4.39. The zero-order valence-corrected chi connectivity index (χ0v) is 15.6. The molecule has 1 aliphatic heterocycles. The lowest BCUT2D eigenvalue weighted by molar-refractivity contribution is 0.0516. The maximum atomic E-state index is 5.57. The van der Waals surface area contributed by atoms with Crippen molar-refractivity contribution in [3.05, 3.63) is 54.0 Å². The van der Waals surface area contributed by atoms with E-state index in [4.69, 9.17) is 9.72 Å². The summed E-state index contributed by atoms with van der Waals surface area (Å²) < 4.78 is 9.90. The predicted octanol–water partition coefficient (Wildman–Crippen LogP) is 3.12. The number of aryl methyl sites for hydroxylation is 2. The second-order valence-electron chi connectivity index (χ2n) is 7.08. The molecule has 0 amide bonds. The van der Waals surface area contributed by atoms with Gasteiger partial charge in [0.1, 0.15) is 11.5 Å². The lowest BCUT2D eigenvalue weighted by Crippen LogP contribution is -2.34. The van der Waals surface area contributed by atoms with Crippen LogP contribution in [0.2, 0.25) is 0 Å². The van der Waals surface area contributed by atoms with Crippen LogP contribution in [0.15, 0.2) is 36.9 Å². The predicted molar refractivity (Wildman–Crippen MR) is 101 cm³/mol. The lowest BCUT2D eigenvalue weighted by Gasteiger charge is -2.31. The van der Waals surface area contributed by atoms with Crippen molar-refractivity contribution in [2.75, 3.05) is 13.2 Å². The van der Waals surface area contributed by atoms with Crippen molar-refractivity contribution in [1.82, 2.24) is 24.3 Å². The molecule has 1 fully saturated rings. The minimum atomic E-state index is 0.223. The number of hydrogen-bond acceptors (Lipinski definition) is 4. The molecule has 26 heavy (non-hydrogen) atoms. The number of hydrogen-bond donors (Lipinski definition) is 1. The third-order valence-corrected chi connectivity index (χ3v) is 5.26. The fraction of sp³-hybridized carbons (Fsp3) is 0.500. The van der Waals surface area contributed by atoms with E-state index in [9.17, 15) is 0 Å². The summed E-state index contributed by atoms with van der Waals surface area (Å²) in [4.78, 5) is 9.41. The molecule has 4 rings (SSSR count). The molecule has 1 saturated heterocycles. The average Bonchev–Trinajstić information content (AvgIpc) is 3.29. The number of nitrogens with zero attached hydrogens (tertiary/aromatic N) is 4. The number of aromatic nitrogens is 4. The topological polar surface area (TPSA) is 56.4 Å². The maximum absolute atomic E-state index is 5.57. The van der Waals surface area contributed by atoms with E-state index in [0.717, 1.165) is 56.3 Å². The number of fused-ring (bicyclic) bond motifs is 1. The van der Waals surface area contributed by atoms with E-state index >= 15 is 0 Å². The van der Waals surface area contributed by atoms with Gasteiger partial charge in [0, 0.05) is 51.1 Å². The summed E-state index contributed by atoms with van der Waals surface area (Å²) in [6.07, 6.45) is 10.3. The fourth-order valence-electron chi connectivity index (χ4n) is 3.84. The highest BCUT2D eigenvalue weighted by Crippen LogP contribution is 2.29. The summed E-state index contributed by atoms with van der Waals surface area (Å²) in [6.45, 7) is 7.61. The number of rotatable bonds is 6. The first kappa shape index (κ1) is 17.2. The minimum absolute atomic E-state index is 0.223. The number of pyridine rings is 1. The Morgan fingerprint density at radius 2 is 2.12 bits per heavy atom. The second-order valence-corrected chi connectivity index (χ2v) is 7.08. The van der Waals surface area contributed by atoms with Gasteiger partial charge in [-0.15, -0.1) is 0 Å². The largest absolute Gasteiger partial charge is 0.381 e. The van der Waals surface area contributed by atoms with Gasteiger partial charge in [0.2, 0.25) is 0 Å². The van der Waals surface area contributed by atoms with Crippen molar-refractivity contribution >= 4 is 5.65 Å². The van der Waals surface area contributed by atoms with Crippen LogP contribution in [-0.4, -0.2) is 32.1 Å². The van der Waals surface area contributed by atoms with Gasteiger partial charge in [-0.25, -0.2) is 9.97 Å². The number of ether oxygens (including phenoxy) is 1. The lowest BCUT2D eigenvalue weighted by atomic mass is 9.91. The van der Waals surface area contributed by atoms with Gasteiger partial charge in [-0.1, -0.05) is 6.07 Å². The number of imidazole rings is 2. The molecular weight excluding hydrogens is 326 g/mol. The molecule has 1 aliphatic rings. The molecule has 1 atom stereocenters. The molecular formula is C20H27N5O. The standard InChI is InChI=1S/C20H27N5O/c1-3-24-9-8-21-20(24)19(16-6-10-26-11-7-16)22-12-17-14-25-13-15(2)4-5-18(25)23-17/h4-5,8-9,13-14,16,19,22H,3,6-7,10-12H2,1-2H3/t19-/m0/s1. The van der Waals surface area contributed by atoms with E-state index < -0.39 is 0 Å². The Morgan fingerprint density at radius 1 is 1.27 bits per heavy atom. The molecule has 0 radical (unpaired) electrons. The van der Waals surface area contributed by atoms with Crippen molar-refractivity contribution in [3.8, 4) is 0 Å². The van der Waals surface area contributed by atoms with Crippen molar-refractivity contribution in [2.24, 2.45) is 5.92 Å². The normalized spacial score (nSPS) is 17.0. The van der Waals surface area contributed by atoms with Crippen LogP contribution in [0.1, 0.15) is 42.9 Å². The molecule has 6 heteroatoms. The number of nitrogens with one attached hydrogen (secondary N) is 1. The quantitative estimate of drug-likeness (QED) is 0.740. The fourth-order valence-corrected chi connectivity index (χ4v) is 3.84. The highest BCUT2D eigenvalue weighted by Gasteiger charge is 2.28. The van der Waals surface area contributed by atoms with Crippen LogP contribution in [0.4, 0.5) is 0 Å². The first-order valence-electron chi connectivity index (χ1n) is 9.51. The van der Waals surface area contributed by atoms with Crippen LogP contribution in [0, 0.1) is 12.8 Å². The summed E-state index contributed by atoms with van der Waals surface area (Å²) >= 11 is 0. The van der Waals surface area contributed by atoms with E-state index in [1.54, 1.807) is 0 Å². The molecule has 1 N–H and O–H groups in total. The third kappa shape index (κ3) is 3.52. The van der Waals surface area contributed by atoms with Crippen molar-refractivity contribution in [2.45, 2.75) is 45.8 Å². The van der Waals surface area contributed by atoms with Gasteiger partial charge in [0.05, 0.1) is 11.7 Å². The Labute approximate surface area is 154 Å². The molecule has 3 aromatic heterocycles. The van der Waals surface area contributed by atoms with Gasteiger partial charge >= 0.3 is 0 Å². The van der Waals surface area contributed by atoms with Gasteiger partial charge < -0.3 is 19.0 Å². The highest BCUT2D eigenvalue weighted by atomic mass is 16.5. The van der Waals surface area contributed by atoms with Crippen molar-refractivity contribution in [1.29, 1.82) is 0 Å². The van der Waals surface area contributed by atoms with Crippen molar-refractivity contribution in [3.63, 3.8) is 0 Å². The summed E-state index contributed by atoms with van der Waals surface area (Å²) in [7, 11) is 0. The van der Waals surface area contributed by atoms with Crippen LogP contribution in [-0.2, 0) is 17.8 Å². The van der Waals surface area contributed by atoms with Crippen molar-refractivity contribution < 1.29 is 4.74 Å². The molecule has 3 aromatic rings. The van der Waals surface area contributed by atoms with E-state index in [0.29, 0.717) is 5.92 Å². The summed E-state index contributed by atoms with van der Waals surface area (Å²) in [5, 5.41) is 3.74. The van der Waals surface area contributed by atoms with Crippen LogP contribution < -0.4 is 5.32 Å². The van der Waals surface area contributed by atoms with E-state index in [1.807, 2.05) is 6.20 Å². The Bertz CT molecular complexity index is 862. The van der Waals surface area contributed by atoms with E-state index in [2.05, 4.69) is 63.8 Å².